The molecule has 0 spiro atoms. The summed E-state index contributed by atoms with van der Waals surface area (Å²) < 4.78 is 16.7. The van der Waals surface area contributed by atoms with Crippen LogP contribution in [0.25, 0.3) is 0 Å². The van der Waals surface area contributed by atoms with Crippen LogP contribution in [0.15, 0.2) is 48.5 Å². The van der Waals surface area contributed by atoms with Crippen LogP contribution >= 0.6 is 0 Å². The van der Waals surface area contributed by atoms with Gasteiger partial charge in [-0.3, -0.25) is 9.59 Å². The topological polar surface area (TPSA) is 85.9 Å². The van der Waals surface area contributed by atoms with Crippen molar-refractivity contribution in [3.05, 3.63) is 48.5 Å². The van der Waals surface area contributed by atoms with Crippen LogP contribution in [0.3, 0.4) is 0 Å². The number of amides is 2. The van der Waals surface area contributed by atoms with Gasteiger partial charge in [-0.05, 0) is 24.3 Å². The van der Waals surface area contributed by atoms with E-state index in [2.05, 4.69) is 10.6 Å². The number of nitrogens with one attached hydrogen (secondary N) is 2. The Morgan fingerprint density at radius 3 is 1.56 bits per heavy atom. The maximum Gasteiger partial charge on any atom is 0.314 e. The summed E-state index contributed by atoms with van der Waals surface area (Å²) in [6, 6.07) is 13.8. The molecule has 2 N–H and O–H groups in total. The molecule has 0 aromatic heterocycles. The van der Waals surface area contributed by atoms with Crippen LogP contribution < -0.4 is 20.1 Å². The van der Waals surface area contributed by atoms with Crippen molar-refractivity contribution >= 4 is 23.2 Å². The molecule has 0 radical (unpaired) electrons. The third kappa shape index (κ3) is 4.48. The number of ether oxygens (including phenoxy) is 3. The van der Waals surface area contributed by atoms with Crippen LogP contribution in [0.5, 0.6) is 11.5 Å². The van der Waals surface area contributed by atoms with E-state index in [4.69, 9.17) is 14.2 Å². The molecule has 7 nitrogen and oxygen atoms in total. The molecule has 7 heteroatoms. The van der Waals surface area contributed by atoms with Crippen molar-refractivity contribution in [2.45, 2.75) is 0 Å². The fraction of sp³-hybridized carbons (Fsp3) is 0.222. The summed E-state index contributed by atoms with van der Waals surface area (Å²) in [5, 5.41) is 5.11. The fourth-order valence-electron chi connectivity index (χ4n) is 2.27. The summed E-state index contributed by atoms with van der Waals surface area (Å²) >= 11 is 0. The normalized spacial score (nSPS) is 15.8. The van der Waals surface area contributed by atoms with Gasteiger partial charge in [0.1, 0.15) is 24.7 Å². The second-order valence-corrected chi connectivity index (χ2v) is 5.21. The number of anilines is 2. The summed E-state index contributed by atoms with van der Waals surface area (Å²) in [5.41, 5.74) is 0.837. The van der Waals surface area contributed by atoms with Gasteiger partial charge in [0.25, 0.3) is 0 Å². The highest BCUT2D eigenvalue weighted by molar-refractivity contribution is 6.43. The number of para-hydroxylation sites is 4. The highest BCUT2D eigenvalue weighted by Crippen LogP contribution is 2.25. The van der Waals surface area contributed by atoms with E-state index in [1.54, 1.807) is 48.5 Å². The molecule has 3 rings (SSSR count). The lowest BCUT2D eigenvalue weighted by Gasteiger charge is -2.12. The van der Waals surface area contributed by atoms with Crippen LogP contribution in [-0.4, -0.2) is 38.2 Å². The molecule has 1 heterocycles. The summed E-state index contributed by atoms with van der Waals surface area (Å²) in [4.78, 5) is 24.4. The highest BCUT2D eigenvalue weighted by atomic mass is 16.5. The summed E-state index contributed by atoms with van der Waals surface area (Å²) in [6.07, 6.45) is 0. The van der Waals surface area contributed by atoms with Crippen LogP contribution in [0.2, 0.25) is 0 Å². The molecule has 130 valence electrons. The van der Waals surface area contributed by atoms with Gasteiger partial charge in [0.2, 0.25) is 0 Å². The SMILES string of the molecule is O=C1Nc2ccccc2OCCOCCOc2ccccc2NC1=O. The van der Waals surface area contributed by atoms with Crippen LogP contribution in [0.4, 0.5) is 11.4 Å². The van der Waals surface area contributed by atoms with Crippen molar-refractivity contribution in [2.75, 3.05) is 37.1 Å². The summed E-state index contributed by atoms with van der Waals surface area (Å²) in [7, 11) is 0. The zero-order valence-electron chi connectivity index (χ0n) is 13.5. The maximum atomic E-state index is 12.2. The molecule has 0 saturated heterocycles. The molecule has 1 aliphatic rings. The molecule has 0 aliphatic carbocycles. The van der Waals surface area contributed by atoms with E-state index in [1.165, 1.54) is 0 Å². The zero-order chi connectivity index (χ0) is 17.5. The Balaban J connectivity index is 1.83. The predicted octanol–water partition coefficient (Wildman–Crippen LogP) is 2.05. The van der Waals surface area contributed by atoms with Gasteiger partial charge in [-0.2, -0.15) is 0 Å². The molecule has 2 aromatic carbocycles. The summed E-state index contributed by atoms with van der Waals surface area (Å²) in [6.45, 7) is 1.39. The zero-order valence-corrected chi connectivity index (χ0v) is 13.5. The summed E-state index contributed by atoms with van der Waals surface area (Å²) in [5.74, 6) is -0.647. The van der Waals surface area contributed by atoms with Crippen LogP contribution in [0, 0.1) is 0 Å². The number of rotatable bonds is 0. The Kier molecular flexibility index (Phi) is 5.48. The average molecular weight is 342 g/mol. The predicted molar refractivity (Wildman–Crippen MR) is 92.0 cm³/mol. The lowest BCUT2D eigenvalue weighted by molar-refractivity contribution is -0.133. The van der Waals surface area contributed by atoms with E-state index < -0.39 is 11.8 Å². The van der Waals surface area contributed by atoms with E-state index in [1.807, 2.05) is 0 Å². The Labute approximate surface area is 144 Å². The molecular formula is C18H18N2O5. The first-order chi connectivity index (χ1) is 12.2. The second kappa shape index (κ2) is 8.16. The van der Waals surface area contributed by atoms with E-state index >= 15 is 0 Å². The molecule has 0 saturated carbocycles. The van der Waals surface area contributed by atoms with Gasteiger partial charge in [-0.15, -0.1) is 0 Å². The largest absolute Gasteiger partial charge is 0.489 e. The smallest absolute Gasteiger partial charge is 0.314 e. The van der Waals surface area contributed by atoms with Gasteiger partial charge in [0.15, 0.2) is 0 Å². The van der Waals surface area contributed by atoms with E-state index in [9.17, 15) is 9.59 Å². The number of fused-ring (bicyclic) bond motifs is 2. The van der Waals surface area contributed by atoms with Crippen LogP contribution in [0.1, 0.15) is 0 Å². The molecule has 2 aromatic rings. The molecule has 0 bridgehead atoms. The van der Waals surface area contributed by atoms with Crippen molar-refractivity contribution in [3.63, 3.8) is 0 Å². The molecule has 1 aliphatic heterocycles. The third-order valence-corrected chi connectivity index (χ3v) is 3.45. The Morgan fingerprint density at radius 1 is 0.640 bits per heavy atom. The van der Waals surface area contributed by atoms with Gasteiger partial charge in [-0.1, -0.05) is 24.3 Å². The molecule has 0 atom stereocenters. The number of hydrogen-bond acceptors (Lipinski definition) is 5. The van der Waals surface area contributed by atoms with Crippen molar-refractivity contribution in [1.82, 2.24) is 0 Å². The lowest BCUT2D eigenvalue weighted by Crippen LogP contribution is -2.29. The number of carbonyl (C=O) groups is 2. The van der Waals surface area contributed by atoms with Crippen molar-refractivity contribution in [2.24, 2.45) is 0 Å². The van der Waals surface area contributed by atoms with E-state index in [-0.39, 0.29) is 0 Å². The maximum absolute atomic E-state index is 12.2. The van der Waals surface area contributed by atoms with Crippen LogP contribution in [-0.2, 0) is 14.3 Å². The molecule has 0 fully saturated rings. The minimum atomic E-state index is -0.794. The monoisotopic (exact) mass is 342 g/mol. The van der Waals surface area contributed by atoms with E-state index in [0.717, 1.165) is 0 Å². The first-order valence-corrected chi connectivity index (χ1v) is 7.88. The molecular weight excluding hydrogens is 324 g/mol. The molecule has 2 amide bonds. The van der Waals surface area contributed by atoms with Crippen molar-refractivity contribution in [3.8, 4) is 11.5 Å². The van der Waals surface area contributed by atoms with Gasteiger partial charge in [-0.25, -0.2) is 0 Å². The first kappa shape index (κ1) is 16.8. The van der Waals surface area contributed by atoms with Gasteiger partial charge >= 0.3 is 11.8 Å². The Morgan fingerprint density at radius 2 is 1.08 bits per heavy atom. The molecule has 25 heavy (non-hydrogen) atoms. The number of benzene rings is 2. The minimum Gasteiger partial charge on any atom is -0.489 e. The minimum absolute atomic E-state index is 0.315. The van der Waals surface area contributed by atoms with Crippen molar-refractivity contribution in [1.29, 1.82) is 0 Å². The van der Waals surface area contributed by atoms with Gasteiger partial charge in [0.05, 0.1) is 24.6 Å². The first-order valence-electron chi connectivity index (χ1n) is 7.88. The van der Waals surface area contributed by atoms with E-state index in [0.29, 0.717) is 49.3 Å². The second-order valence-electron chi connectivity index (χ2n) is 5.21. The highest BCUT2D eigenvalue weighted by Gasteiger charge is 2.18. The Bertz CT molecular complexity index is 699. The quantitative estimate of drug-likeness (QED) is 0.716. The third-order valence-electron chi connectivity index (χ3n) is 3.45. The number of carbonyl (C=O) groups excluding carboxylic acids is 2. The standard InChI is InChI=1S/C18H18N2O5/c21-17-18(22)20-14-6-2-4-8-16(14)25-12-10-23-9-11-24-15-7-3-1-5-13(15)19-17/h1-8H,9-12H2,(H,19,21)(H,20,22). The lowest BCUT2D eigenvalue weighted by atomic mass is 10.2. The average Bonchev–Trinajstić information content (AvgIpc) is 2.63. The van der Waals surface area contributed by atoms with Gasteiger partial charge in [0, 0.05) is 0 Å². The van der Waals surface area contributed by atoms with Crippen molar-refractivity contribution < 1.29 is 23.8 Å². The van der Waals surface area contributed by atoms with Gasteiger partial charge < -0.3 is 24.8 Å². The Hall–Kier alpha value is -3.06. The molecule has 0 unspecified atom stereocenters. The number of hydrogen-bond donors (Lipinski definition) is 2. The fourth-order valence-corrected chi connectivity index (χ4v) is 2.27.